The second kappa shape index (κ2) is 9.34. The molecule has 1 fully saturated rings. The molecule has 0 unspecified atom stereocenters. The van der Waals surface area contributed by atoms with Crippen molar-refractivity contribution in [1.29, 1.82) is 0 Å². The number of methoxy groups -OCH3 is 2. The molecule has 0 aliphatic carbocycles. The molecule has 2 aromatic heterocycles. The summed E-state index contributed by atoms with van der Waals surface area (Å²) in [6, 6.07) is 7.14. The van der Waals surface area contributed by atoms with Gasteiger partial charge >= 0.3 is 0 Å². The van der Waals surface area contributed by atoms with Gasteiger partial charge in [0.1, 0.15) is 17.5 Å². The Morgan fingerprint density at radius 3 is 2.74 bits per heavy atom. The zero-order valence-electron chi connectivity index (χ0n) is 18.8. The first kappa shape index (κ1) is 22.8. The summed E-state index contributed by atoms with van der Waals surface area (Å²) in [6.45, 7) is 0.474. The predicted molar refractivity (Wildman–Crippen MR) is 122 cm³/mol. The van der Waals surface area contributed by atoms with Crippen LogP contribution in [-0.4, -0.2) is 56.7 Å². The molecule has 3 heterocycles. The van der Waals surface area contributed by atoms with Crippen LogP contribution in [0, 0.1) is 5.82 Å². The molecule has 0 saturated carbocycles. The smallest absolute Gasteiger partial charge is 0.256 e. The van der Waals surface area contributed by atoms with Gasteiger partial charge in [-0.2, -0.15) is 20.0 Å². The van der Waals surface area contributed by atoms with Crippen molar-refractivity contribution in [2.24, 2.45) is 0 Å². The van der Waals surface area contributed by atoms with E-state index in [9.17, 15) is 9.18 Å². The van der Waals surface area contributed by atoms with Crippen molar-refractivity contribution in [3.05, 3.63) is 65.0 Å². The number of likely N-dealkylation sites (tertiary alicyclic amines) is 1. The number of hydrogen-bond donors (Lipinski definition) is 0. The number of carbonyl (C=O) groups excluding carboxylic acids is 1. The molecule has 0 N–H and O–H groups in total. The molecular formula is C23H20ClFN6O4. The summed E-state index contributed by atoms with van der Waals surface area (Å²) < 4.78 is 30.2. The van der Waals surface area contributed by atoms with E-state index in [1.807, 2.05) is 0 Å². The number of rotatable bonds is 6. The first-order chi connectivity index (χ1) is 17.0. The summed E-state index contributed by atoms with van der Waals surface area (Å²) in [5.41, 5.74) is 1.07. The maximum atomic E-state index is 14.1. The number of nitrogens with zero attached hydrogens (tertiary/aromatic N) is 6. The minimum absolute atomic E-state index is 0.0174. The lowest BCUT2D eigenvalue weighted by Gasteiger charge is -2.23. The molecule has 0 spiro atoms. The zero-order valence-corrected chi connectivity index (χ0v) is 19.6. The Morgan fingerprint density at radius 1 is 1.20 bits per heavy atom. The van der Waals surface area contributed by atoms with E-state index in [1.165, 1.54) is 43.5 Å². The quantitative estimate of drug-likeness (QED) is 0.391. The third-order valence-electron chi connectivity index (χ3n) is 5.79. The van der Waals surface area contributed by atoms with Crippen molar-refractivity contribution in [2.45, 2.75) is 18.9 Å². The first-order valence-corrected chi connectivity index (χ1v) is 11.1. The highest BCUT2D eigenvalue weighted by Gasteiger charge is 2.36. The average Bonchev–Trinajstić information content (AvgIpc) is 3.64. The van der Waals surface area contributed by atoms with Gasteiger partial charge in [0.05, 0.1) is 42.8 Å². The Morgan fingerprint density at radius 2 is 2.00 bits per heavy atom. The van der Waals surface area contributed by atoms with Crippen LogP contribution < -0.4 is 9.47 Å². The zero-order chi connectivity index (χ0) is 24.5. The van der Waals surface area contributed by atoms with Crippen LogP contribution in [0.5, 0.6) is 11.5 Å². The maximum Gasteiger partial charge on any atom is 0.256 e. The monoisotopic (exact) mass is 498 g/mol. The minimum atomic E-state index is -0.537. The van der Waals surface area contributed by atoms with Crippen molar-refractivity contribution in [2.75, 3.05) is 20.8 Å². The third-order valence-corrected chi connectivity index (χ3v) is 6.08. The van der Waals surface area contributed by atoms with Crippen LogP contribution in [0.3, 0.4) is 0 Å². The second-order valence-corrected chi connectivity index (χ2v) is 8.16. The lowest BCUT2D eigenvalue weighted by Crippen LogP contribution is -2.31. The molecule has 0 radical (unpaired) electrons. The Hall–Kier alpha value is -3.99. The molecule has 1 aliphatic rings. The molecule has 1 saturated heterocycles. The van der Waals surface area contributed by atoms with Gasteiger partial charge in [-0.3, -0.25) is 4.79 Å². The summed E-state index contributed by atoms with van der Waals surface area (Å²) >= 11 is 6.32. The number of amides is 1. The van der Waals surface area contributed by atoms with Crippen molar-refractivity contribution >= 4 is 17.5 Å². The minimum Gasteiger partial charge on any atom is -0.495 e. The summed E-state index contributed by atoms with van der Waals surface area (Å²) in [6.07, 6.45) is 4.36. The lowest BCUT2D eigenvalue weighted by molar-refractivity contribution is 0.0709. The van der Waals surface area contributed by atoms with Crippen LogP contribution in [0.2, 0.25) is 5.02 Å². The molecular weight excluding hydrogens is 479 g/mol. The Kier molecular flexibility index (Phi) is 6.08. The molecule has 2 aromatic carbocycles. The molecule has 1 aliphatic heterocycles. The average molecular weight is 499 g/mol. The van der Waals surface area contributed by atoms with Crippen molar-refractivity contribution in [1.82, 2.24) is 30.0 Å². The Bertz CT molecular complexity index is 1380. The fourth-order valence-corrected chi connectivity index (χ4v) is 4.40. The van der Waals surface area contributed by atoms with Crippen molar-refractivity contribution < 1.29 is 23.2 Å². The molecule has 0 bridgehead atoms. The summed E-state index contributed by atoms with van der Waals surface area (Å²) in [5.74, 6) is -0.0470. The number of carbonyl (C=O) groups is 1. The standard InChI is InChI=1S/C23H20ClFN6O4/c1-33-19-11-14(18(12-15(19)24)31-26-8-9-27-31)23(32)30-10-4-7-17(30)22-28-21(29-35-22)13-5-3-6-16(25)20(13)34-2/h3,5-6,8-9,11-12,17H,4,7,10H2,1-2H3/t17-/m0/s1. The van der Waals surface area contributed by atoms with E-state index in [4.69, 9.17) is 25.6 Å². The molecule has 12 heteroatoms. The molecule has 180 valence electrons. The molecule has 1 amide bonds. The van der Waals surface area contributed by atoms with Crippen LogP contribution in [0.25, 0.3) is 17.1 Å². The highest BCUT2D eigenvalue weighted by Crippen LogP contribution is 2.37. The highest BCUT2D eigenvalue weighted by molar-refractivity contribution is 6.32. The van der Waals surface area contributed by atoms with E-state index < -0.39 is 11.9 Å². The number of hydrogen-bond acceptors (Lipinski definition) is 8. The highest BCUT2D eigenvalue weighted by atomic mass is 35.5. The van der Waals surface area contributed by atoms with Gasteiger partial charge in [0.15, 0.2) is 11.6 Å². The van der Waals surface area contributed by atoms with Gasteiger partial charge in [-0.05, 0) is 37.1 Å². The molecule has 5 rings (SSSR count). The van der Waals surface area contributed by atoms with Crippen LogP contribution >= 0.6 is 11.6 Å². The van der Waals surface area contributed by atoms with Gasteiger partial charge in [0.25, 0.3) is 5.91 Å². The van der Waals surface area contributed by atoms with E-state index in [-0.39, 0.29) is 23.4 Å². The summed E-state index contributed by atoms with van der Waals surface area (Å²) in [5, 5.41) is 12.6. The molecule has 1 atom stereocenters. The van der Waals surface area contributed by atoms with Crippen molar-refractivity contribution in [3.63, 3.8) is 0 Å². The SMILES string of the molecule is COc1cc(C(=O)N2CCC[C@H]2c2nc(-c3cccc(F)c3OC)no2)c(-n2nccn2)cc1Cl. The van der Waals surface area contributed by atoms with Gasteiger partial charge in [0.2, 0.25) is 11.7 Å². The Balaban J connectivity index is 1.50. The van der Waals surface area contributed by atoms with E-state index in [0.717, 1.165) is 6.42 Å². The lowest BCUT2D eigenvalue weighted by atomic mass is 10.1. The van der Waals surface area contributed by atoms with E-state index in [0.29, 0.717) is 40.6 Å². The van der Waals surface area contributed by atoms with Crippen LogP contribution in [-0.2, 0) is 0 Å². The van der Waals surface area contributed by atoms with E-state index >= 15 is 0 Å². The second-order valence-electron chi connectivity index (χ2n) is 7.76. The van der Waals surface area contributed by atoms with Gasteiger partial charge in [-0.25, -0.2) is 4.39 Å². The van der Waals surface area contributed by atoms with Crippen molar-refractivity contribution in [3.8, 4) is 28.6 Å². The number of para-hydroxylation sites is 1. The first-order valence-electron chi connectivity index (χ1n) is 10.7. The number of ether oxygens (including phenoxy) is 2. The fourth-order valence-electron chi connectivity index (χ4n) is 4.17. The van der Waals surface area contributed by atoms with Crippen LogP contribution in [0.15, 0.2) is 47.2 Å². The topological polar surface area (TPSA) is 108 Å². The summed E-state index contributed by atoms with van der Waals surface area (Å²) in [4.78, 5) is 21.2. The fraction of sp³-hybridized carbons (Fsp3) is 0.261. The van der Waals surface area contributed by atoms with Crippen LogP contribution in [0.4, 0.5) is 4.39 Å². The van der Waals surface area contributed by atoms with Gasteiger partial charge in [0, 0.05) is 6.54 Å². The Labute approximate surface area is 204 Å². The van der Waals surface area contributed by atoms with E-state index in [2.05, 4.69) is 20.3 Å². The third kappa shape index (κ3) is 4.08. The summed E-state index contributed by atoms with van der Waals surface area (Å²) in [7, 11) is 2.84. The van der Waals surface area contributed by atoms with Gasteiger partial charge in [-0.15, -0.1) is 0 Å². The van der Waals surface area contributed by atoms with E-state index in [1.54, 1.807) is 23.1 Å². The van der Waals surface area contributed by atoms with Gasteiger partial charge < -0.3 is 18.9 Å². The number of halogens is 2. The normalized spacial score (nSPS) is 15.4. The van der Waals surface area contributed by atoms with Crippen LogP contribution in [0.1, 0.15) is 35.1 Å². The maximum absolute atomic E-state index is 14.1. The largest absolute Gasteiger partial charge is 0.495 e. The molecule has 35 heavy (non-hydrogen) atoms. The molecule has 10 nitrogen and oxygen atoms in total. The molecule has 4 aromatic rings. The predicted octanol–water partition coefficient (Wildman–Crippen LogP) is 4.10. The number of benzene rings is 2. The number of aromatic nitrogens is 5. The van der Waals surface area contributed by atoms with Gasteiger partial charge in [-0.1, -0.05) is 22.8 Å².